The Morgan fingerprint density at radius 2 is 2.00 bits per heavy atom. The lowest BCUT2D eigenvalue weighted by Crippen LogP contribution is -2.47. The molecule has 1 atom stereocenters. The average molecular weight is 255 g/mol. The van der Waals surface area contributed by atoms with Crippen LogP contribution in [0.3, 0.4) is 0 Å². The topological polar surface area (TPSA) is 35.6 Å². The summed E-state index contributed by atoms with van der Waals surface area (Å²) in [6, 6.07) is 0. The van der Waals surface area contributed by atoms with E-state index in [0.717, 1.165) is 45.7 Å². The van der Waals surface area contributed by atoms with Crippen molar-refractivity contribution in [3.8, 4) is 0 Å². The number of hydrogen-bond acceptors (Lipinski definition) is 3. The minimum absolute atomic E-state index is 0.120. The smallest absolute Gasteiger partial charge is 0.226 e. The molecule has 1 fully saturated rings. The number of rotatable bonds is 7. The second-order valence-corrected chi connectivity index (χ2v) is 5.42. The molecule has 4 nitrogen and oxygen atoms in total. The normalized spacial score (nSPS) is 18.6. The van der Waals surface area contributed by atoms with Crippen molar-refractivity contribution in [2.45, 2.75) is 33.1 Å². The predicted molar refractivity (Wildman–Crippen MR) is 75.6 cm³/mol. The minimum atomic E-state index is 0.120. The van der Waals surface area contributed by atoms with Gasteiger partial charge in [0.25, 0.3) is 0 Å². The summed E-state index contributed by atoms with van der Waals surface area (Å²) in [5.74, 6) is 0.416. The molecule has 0 saturated carbocycles. The first kappa shape index (κ1) is 15.4. The lowest BCUT2D eigenvalue weighted by molar-refractivity contribution is -0.134. The van der Waals surface area contributed by atoms with Crippen LogP contribution in [-0.4, -0.2) is 62.0 Å². The molecule has 1 N–H and O–H groups in total. The number of unbranched alkanes of at least 4 members (excludes halogenated alkanes) is 2. The van der Waals surface area contributed by atoms with Crippen molar-refractivity contribution in [3.63, 3.8) is 0 Å². The Kier molecular flexibility index (Phi) is 7.28. The van der Waals surface area contributed by atoms with Crippen LogP contribution in [0.1, 0.15) is 33.1 Å². The van der Waals surface area contributed by atoms with Crippen molar-refractivity contribution in [3.05, 3.63) is 0 Å². The molecule has 1 aliphatic rings. The molecular weight excluding hydrogens is 226 g/mol. The molecule has 0 aromatic rings. The molecule has 0 radical (unpaired) electrons. The van der Waals surface area contributed by atoms with Crippen LogP contribution >= 0.6 is 0 Å². The standard InChI is InChI=1S/C14H29N3O/c1-4-5-6-9-16(3)14(18)13(2)12-17-10-7-15-8-11-17/h13,15H,4-12H2,1-3H3. The fourth-order valence-corrected chi connectivity index (χ4v) is 2.44. The highest BCUT2D eigenvalue weighted by molar-refractivity contribution is 5.78. The zero-order chi connectivity index (χ0) is 13.4. The zero-order valence-corrected chi connectivity index (χ0v) is 12.2. The molecule has 106 valence electrons. The van der Waals surface area contributed by atoms with Crippen LogP contribution in [0.4, 0.5) is 0 Å². The van der Waals surface area contributed by atoms with Gasteiger partial charge in [-0.2, -0.15) is 0 Å². The number of nitrogens with zero attached hydrogens (tertiary/aromatic N) is 2. The van der Waals surface area contributed by atoms with Crippen molar-refractivity contribution < 1.29 is 4.79 Å². The van der Waals surface area contributed by atoms with E-state index >= 15 is 0 Å². The van der Waals surface area contributed by atoms with E-state index in [1.54, 1.807) is 0 Å². The Balaban J connectivity index is 2.25. The molecule has 1 unspecified atom stereocenters. The molecule has 18 heavy (non-hydrogen) atoms. The van der Waals surface area contributed by atoms with E-state index in [9.17, 15) is 4.79 Å². The summed E-state index contributed by atoms with van der Waals surface area (Å²) in [5, 5.41) is 3.34. The number of hydrogen-bond donors (Lipinski definition) is 1. The molecular formula is C14H29N3O. The van der Waals surface area contributed by atoms with Gasteiger partial charge in [-0.25, -0.2) is 0 Å². The molecule has 1 rings (SSSR count). The van der Waals surface area contributed by atoms with E-state index in [2.05, 4.69) is 24.1 Å². The first-order valence-corrected chi connectivity index (χ1v) is 7.33. The van der Waals surface area contributed by atoms with E-state index in [4.69, 9.17) is 0 Å². The third-order valence-electron chi connectivity index (χ3n) is 3.64. The van der Waals surface area contributed by atoms with Crippen molar-refractivity contribution in [1.82, 2.24) is 15.1 Å². The highest BCUT2D eigenvalue weighted by Crippen LogP contribution is 2.06. The number of carbonyl (C=O) groups excluding carboxylic acids is 1. The van der Waals surface area contributed by atoms with Crippen molar-refractivity contribution in [2.75, 3.05) is 46.3 Å². The Bertz CT molecular complexity index is 239. The lowest BCUT2D eigenvalue weighted by atomic mass is 10.1. The van der Waals surface area contributed by atoms with Gasteiger partial charge in [-0.1, -0.05) is 26.7 Å². The molecule has 4 heteroatoms. The summed E-state index contributed by atoms with van der Waals surface area (Å²) in [4.78, 5) is 16.5. The summed E-state index contributed by atoms with van der Waals surface area (Å²) in [6.45, 7) is 10.3. The molecule has 1 heterocycles. The van der Waals surface area contributed by atoms with Gasteiger partial charge in [0.2, 0.25) is 5.91 Å². The van der Waals surface area contributed by atoms with Crippen molar-refractivity contribution in [1.29, 1.82) is 0 Å². The Labute approximate surface area is 112 Å². The number of piperazine rings is 1. The molecule has 1 amide bonds. The summed E-state index contributed by atoms with van der Waals surface area (Å²) >= 11 is 0. The van der Waals surface area contributed by atoms with Gasteiger partial charge in [-0.15, -0.1) is 0 Å². The van der Waals surface area contributed by atoms with Crippen molar-refractivity contribution in [2.24, 2.45) is 5.92 Å². The van der Waals surface area contributed by atoms with Gasteiger partial charge in [-0.3, -0.25) is 4.79 Å². The highest BCUT2D eigenvalue weighted by atomic mass is 16.2. The number of carbonyl (C=O) groups is 1. The molecule has 1 saturated heterocycles. The molecule has 0 aromatic heterocycles. The summed E-state index contributed by atoms with van der Waals surface area (Å²) in [5.41, 5.74) is 0. The fourth-order valence-electron chi connectivity index (χ4n) is 2.44. The third kappa shape index (κ3) is 5.36. The molecule has 0 spiro atoms. The average Bonchev–Trinajstić information content (AvgIpc) is 2.39. The second kappa shape index (κ2) is 8.48. The quantitative estimate of drug-likeness (QED) is 0.694. The van der Waals surface area contributed by atoms with Crippen LogP contribution in [0.5, 0.6) is 0 Å². The molecule has 1 aliphatic heterocycles. The maximum absolute atomic E-state index is 12.2. The van der Waals surface area contributed by atoms with Crippen LogP contribution in [0.15, 0.2) is 0 Å². The van der Waals surface area contributed by atoms with Crippen LogP contribution in [0.2, 0.25) is 0 Å². The van der Waals surface area contributed by atoms with Crippen LogP contribution in [-0.2, 0) is 4.79 Å². The van der Waals surface area contributed by atoms with Gasteiger partial charge in [0.15, 0.2) is 0 Å². The minimum Gasteiger partial charge on any atom is -0.345 e. The summed E-state index contributed by atoms with van der Waals surface area (Å²) < 4.78 is 0. The van der Waals surface area contributed by atoms with Crippen LogP contribution in [0, 0.1) is 5.92 Å². The number of nitrogens with one attached hydrogen (secondary N) is 1. The van der Waals surface area contributed by atoms with Gasteiger partial charge in [-0.05, 0) is 6.42 Å². The van der Waals surface area contributed by atoms with Gasteiger partial charge < -0.3 is 15.1 Å². The number of amides is 1. The van der Waals surface area contributed by atoms with Crippen molar-refractivity contribution >= 4 is 5.91 Å². The van der Waals surface area contributed by atoms with E-state index in [0.29, 0.717) is 5.91 Å². The predicted octanol–water partition coefficient (Wildman–Crippen LogP) is 1.18. The Morgan fingerprint density at radius 1 is 1.33 bits per heavy atom. The summed E-state index contributed by atoms with van der Waals surface area (Å²) in [7, 11) is 1.94. The zero-order valence-electron chi connectivity index (χ0n) is 12.2. The van der Waals surface area contributed by atoms with Gasteiger partial charge in [0.05, 0.1) is 0 Å². The molecule has 0 aromatic carbocycles. The van der Waals surface area contributed by atoms with Gasteiger partial charge in [0.1, 0.15) is 0 Å². The first-order valence-electron chi connectivity index (χ1n) is 7.33. The van der Waals surface area contributed by atoms with E-state index in [-0.39, 0.29) is 5.92 Å². The first-order chi connectivity index (χ1) is 8.65. The van der Waals surface area contributed by atoms with Gasteiger partial charge in [0, 0.05) is 52.2 Å². The molecule has 0 bridgehead atoms. The van der Waals surface area contributed by atoms with E-state index < -0.39 is 0 Å². The van der Waals surface area contributed by atoms with E-state index in [1.165, 1.54) is 12.8 Å². The Hall–Kier alpha value is -0.610. The monoisotopic (exact) mass is 255 g/mol. The van der Waals surface area contributed by atoms with Crippen LogP contribution < -0.4 is 5.32 Å². The largest absolute Gasteiger partial charge is 0.345 e. The fraction of sp³-hybridized carbons (Fsp3) is 0.929. The summed E-state index contributed by atoms with van der Waals surface area (Å²) in [6.07, 6.45) is 3.54. The lowest BCUT2D eigenvalue weighted by Gasteiger charge is -2.30. The second-order valence-electron chi connectivity index (χ2n) is 5.42. The van der Waals surface area contributed by atoms with Crippen LogP contribution in [0.25, 0.3) is 0 Å². The van der Waals surface area contributed by atoms with Gasteiger partial charge >= 0.3 is 0 Å². The maximum Gasteiger partial charge on any atom is 0.226 e. The maximum atomic E-state index is 12.2. The third-order valence-corrected chi connectivity index (χ3v) is 3.64. The Morgan fingerprint density at radius 3 is 2.61 bits per heavy atom. The van der Waals surface area contributed by atoms with E-state index in [1.807, 2.05) is 11.9 Å². The molecule has 0 aliphatic carbocycles. The highest BCUT2D eigenvalue weighted by Gasteiger charge is 2.20. The SMILES string of the molecule is CCCCCN(C)C(=O)C(C)CN1CCNCC1.